The van der Waals surface area contributed by atoms with Gasteiger partial charge in [0.05, 0.1) is 6.26 Å². The fourth-order valence-electron chi connectivity index (χ4n) is 3.04. The van der Waals surface area contributed by atoms with E-state index in [1.54, 1.807) is 0 Å². The van der Waals surface area contributed by atoms with Gasteiger partial charge < -0.3 is 14.8 Å². The summed E-state index contributed by atoms with van der Waals surface area (Å²) in [6.07, 6.45) is 1.14. The molecule has 8 nitrogen and oxygen atoms in total. The van der Waals surface area contributed by atoms with E-state index < -0.39 is 16.1 Å². The summed E-state index contributed by atoms with van der Waals surface area (Å²) in [6, 6.07) is 5.01. The van der Waals surface area contributed by atoms with Gasteiger partial charge in [-0.1, -0.05) is 6.07 Å². The van der Waals surface area contributed by atoms with Gasteiger partial charge in [-0.2, -0.15) is 4.31 Å². The van der Waals surface area contributed by atoms with Crippen LogP contribution in [0.3, 0.4) is 0 Å². The van der Waals surface area contributed by atoms with Crippen LogP contribution in [0.15, 0.2) is 18.2 Å². The third-order valence-electron chi connectivity index (χ3n) is 4.23. The Hall–Kier alpha value is -1.84. The van der Waals surface area contributed by atoms with E-state index in [9.17, 15) is 13.2 Å². The van der Waals surface area contributed by atoms with Crippen LogP contribution in [-0.2, 0) is 21.4 Å². The lowest BCUT2D eigenvalue weighted by atomic mass is 10.1. The molecule has 1 amide bonds. The number of amides is 1. The van der Waals surface area contributed by atoms with Gasteiger partial charge in [-0.05, 0) is 17.7 Å². The summed E-state index contributed by atoms with van der Waals surface area (Å²) in [5, 5.41) is 2.55. The molecule has 0 spiro atoms. The molecule has 0 radical (unpaired) electrons. The predicted octanol–water partition coefficient (Wildman–Crippen LogP) is -0.393. The van der Waals surface area contributed by atoms with E-state index in [2.05, 4.69) is 10.2 Å². The van der Waals surface area contributed by atoms with Crippen molar-refractivity contribution in [1.29, 1.82) is 0 Å². The lowest BCUT2D eigenvalue weighted by molar-refractivity contribution is -0.126. The standard InChI is InChI=1S/C15H21N3O5S/c1-16-15(19)12-9-17(5-6-18(12)24(2,20)21)8-11-3-4-13-14(7-11)23-10-22-13/h3-4,7,12H,5-6,8-10H2,1-2H3,(H,16,19). The van der Waals surface area contributed by atoms with Crippen molar-refractivity contribution < 1.29 is 22.7 Å². The van der Waals surface area contributed by atoms with Crippen LogP contribution in [0.1, 0.15) is 5.56 Å². The largest absolute Gasteiger partial charge is 0.454 e. The first kappa shape index (κ1) is 17.0. The number of nitrogens with zero attached hydrogens (tertiary/aromatic N) is 2. The van der Waals surface area contributed by atoms with E-state index >= 15 is 0 Å². The number of rotatable bonds is 4. The number of ether oxygens (including phenoxy) is 2. The van der Waals surface area contributed by atoms with Gasteiger partial charge in [0.1, 0.15) is 6.04 Å². The highest BCUT2D eigenvalue weighted by Gasteiger charge is 2.37. The molecule has 2 aliphatic rings. The SMILES string of the molecule is CNC(=O)C1CN(Cc2ccc3c(c2)OCO3)CCN1S(C)(=O)=O. The molecule has 1 saturated heterocycles. The number of carbonyl (C=O) groups excluding carboxylic acids is 1. The number of carbonyl (C=O) groups is 1. The molecular formula is C15H21N3O5S. The topological polar surface area (TPSA) is 88.2 Å². The Morgan fingerprint density at radius 3 is 2.75 bits per heavy atom. The van der Waals surface area contributed by atoms with Crippen LogP contribution in [0.2, 0.25) is 0 Å². The minimum absolute atomic E-state index is 0.227. The highest BCUT2D eigenvalue weighted by Crippen LogP contribution is 2.33. The second-order valence-electron chi connectivity index (χ2n) is 5.93. The quantitative estimate of drug-likeness (QED) is 0.791. The second-order valence-corrected chi connectivity index (χ2v) is 7.86. The van der Waals surface area contributed by atoms with E-state index in [1.807, 2.05) is 18.2 Å². The first-order chi connectivity index (χ1) is 11.4. The maximum absolute atomic E-state index is 12.1. The van der Waals surface area contributed by atoms with Crippen LogP contribution < -0.4 is 14.8 Å². The van der Waals surface area contributed by atoms with E-state index in [0.717, 1.165) is 17.6 Å². The van der Waals surface area contributed by atoms with Gasteiger partial charge in [0, 0.05) is 33.2 Å². The molecule has 0 aromatic heterocycles. The van der Waals surface area contributed by atoms with Gasteiger partial charge in [-0.25, -0.2) is 8.42 Å². The number of piperazine rings is 1. The molecule has 24 heavy (non-hydrogen) atoms. The predicted molar refractivity (Wildman–Crippen MR) is 87.2 cm³/mol. The number of sulfonamides is 1. The highest BCUT2D eigenvalue weighted by atomic mass is 32.2. The summed E-state index contributed by atoms with van der Waals surface area (Å²) in [4.78, 5) is 14.2. The summed E-state index contributed by atoms with van der Waals surface area (Å²) in [6.45, 7) is 2.05. The van der Waals surface area contributed by atoms with Gasteiger partial charge in [0.25, 0.3) is 0 Å². The molecule has 3 rings (SSSR count). The fourth-order valence-corrected chi connectivity index (χ4v) is 4.08. The Morgan fingerprint density at radius 2 is 2.04 bits per heavy atom. The summed E-state index contributed by atoms with van der Waals surface area (Å²) in [7, 11) is -1.91. The van der Waals surface area contributed by atoms with Gasteiger partial charge in [-0.3, -0.25) is 9.69 Å². The zero-order valence-corrected chi connectivity index (χ0v) is 14.5. The van der Waals surface area contributed by atoms with Crippen molar-refractivity contribution >= 4 is 15.9 Å². The molecule has 132 valence electrons. The van der Waals surface area contributed by atoms with Crippen LogP contribution >= 0.6 is 0 Å². The lowest BCUT2D eigenvalue weighted by Crippen LogP contribution is -2.59. The highest BCUT2D eigenvalue weighted by molar-refractivity contribution is 7.88. The van der Waals surface area contributed by atoms with E-state index in [-0.39, 0.29) is 12.7 Å². The Morgan fingerprint density at radius 1 is 1.29 bits per heavy atom. The van der Waals surface area contributed by atoms with Crippen molar-refractivity contribution in [1.82, 2.24) is 14.5 Å². The lowest BCUT2D eigenvalue weighted by Gasteiger charge is -2.38. The number of nitrogens with one attached hydrogen (secondary N) is 1. The molecule has 0 aliphatic carbocycles. The van der Waals surface area contributed by atoms with Crippen LogP contribution in [0, 0.1) is 0 Å². The zero-order chi connectivity index (χ0) is 17.3. The molecular weight excluding hydrogens is 334 g/mol. The minimum Gasteiger partial charge on any atom is -0.454 e. The molecule has 1 atom stereocenters. The first-order valence-electron chi connectivity index (χ1n) is 7.68. The molecule has 1 N–H and O–H groups in total. The normalized spacial score (nSPS) is 21.7. The molecule has 2 aliphatic heterocycles. The molecule has 1 aromatic rings. The molecule has 0 saturated carbocycles. The summed E-state index contributed by atoms with van der Waals surface area (Å²) in [5.74, 6) is 1.14. The van der Waals surface area contributed by atoms with E-state index in [0.29, 0.717) is 31.9 Å². The van der Waals surface area contributed by atoms with Crippen molar-refractivity contribution in [3.05, 3.63) is 23.8 Å². The average Bonchev–Trinajstić information content (AvgIpc) is 3.00. The molecule has 1 aromatic carbocycles. The summed E-state index contributed by atoms with van der Waals surface area (Å²) >= 11 is 0. The van der Waals surface area contributed by atoms with Crippen molar-refractivity contribution in [3.8, 4) is 11.5 Å². The summed E-state index contributed by atoms with van der Waals surface area (Å²) in [5.41, 5.74) is 1.03. The molecule has 0 bridgehead atoms. The zero-order valence-electron chi connectivity index (χ0n) is 13.7. The first-order valence-corrected chi connectivity index (χ1v) is 9.52. The van der Waals surface area contributed by atoms with Crippen LogP contribution in [-0.4, -0.2) is 69.3 Å². The van der Waals surface area contributed by atoms with E-state index in [4.69, 9.17) is 9.47 Å². The van der Waals surface area contributed by atoms with Gasteiger partial charge in [0.2, 0.25) is 22.7 Å². The number of hydrogen-bond acceptors (Lipinski definition) is 6. The maximum Gasteiger partial charge on any atom is 0.239 e. The monoisotopic (exact) mass is 355 g/mol. The molecule has 1 fully saturated rings. The Kier molecular flexibility index (Phi) is 4.66. The Labute approximate surface area is 141 Å². The second kappa shape index (κ2) is 6.58. The van der Waals surface area contributed by atoms with Crippen molar-refractivity contribution in [2.24, 2.45) is 0 Å². The number of hydrogen-bond donors (Lipinski definition) is 1. The Balaban J connectivity index is 1.73. The third kappa shape index (κ3) is 3.47. The smallest absolute Gasteiger partial charge is 0.239 e. The number of benzene rings is 1. The molecule has 9 heteroatoms. The van der Waals surface area contributed by atoms with Crippen LogP contribution in [0.5, 0.6) is 11.5 Å². The van der Waals surface area contributed by atoms with Gasteiger partial charge in [0.15, 0.2) is 11.5 Å². The number of fused-ring (bicyclic) bond motifs is 1. The van der Waals surface area contributed by atoms with Crippen molar-refractivity contribution in [3.63, 3.8) is 0 Å². The fraction of sp³-hybridized carbons (Fsp3) is 0.533. The van der Waals surface area contributed by atoms with Gasteiger partial charge in [-0.15, -0.1) is 0 Å². The van der Waals surface area contributed by atoms with Crippen LogP contribution in [0.4, 0.5) is 0 Å². The van der Waals surface area contributed by atoms with Gasteiger partial charge >= 0.3 is 0 Å². The maximum atomic E-state index is 12.1. The van der Waals surface area contributed by atoms with E-state index in [1.165, 1.54) is 11.4 Å². The van der Waals surface area contributed by atoms with Crippen molar-refractivity contribution in [2.75, 3.05) is 39.7 Å². The van der Waals surface area contributed by atoms with Crippen LogP contribution in [0.25, 0.3) is 0 Å². The third-order valence-corrected chi connectivity index (χ3v) is 5.52. The minimum atomic E-state index is -3.43. The van der Waals surface area contributed by atoms with Crippen molar-refractivity contribution in [2.45, 2.75) is 12.6 Å². The summed E-state index contributed by atoms with van der Waals surface area (Å²) < 4.78 is 35.8. The average molecular weight is 355 g/mol. The molecule has 1 unspecified atom stereocenters. The Bertz CT molecular complexity index is 737. The molecule has 2 heterocycles. The number of likely N-dealkylation sites (N-methyl/N-ethyl adjacent to an activating group) is 1.